The quantitative estimate of drug-likeness (QED) is 0.820. The zero-order valence-corrected chi connectivity index (χ0v) is 15.5. The maximum atomic E-state index is 13.6. The van der Waals surface area contributed by atoms with Gasteiger partial charge >= 0.3 is 6.03 Å². The second-order valence-electron chi connectivity index (χ2n) is 7.16. The summed E-state index contributed by atoms with van der Waals surface area (Å²) >= 11 is 0. The fraction of sp³-hybridized carbons (Fsp3) is 0.381. The number of aryl methyl sites for hydroxylation is 1. The molecule has 1 aliphatic rings. The van der Waals surface area contributed by atoms with Gasteiger partial charge in [0, 0.05) is 19.2 Å². The number of likely N-dealkylation sites (tertiary alicyclic amines) is 1. The van der Waals surface area contributed by atoms with E-state index in [2.05, 4.69) is 46.7 Å². The first kappa shape index (κ1) is 19.3. The maximum Gasteiger partial charge on any atom is 0.319 e. The molecule has 0 aliphatic carbocycles. The van der Waals surface area contributed by atoms with Crippen LogP contribution in [0.2, 0.25) is 0 Å². The van der Waals surface area contributed by atoms with E-state index in [1.165, 1.54) is 17.2 Å². The zero-order chi connectivity index (χ0) is 19.2. The molecule has 0 spiro atoms. The molecular weight excluding hydrogens is 348 g/mol. The van der Waals surface area contributed by atoms with Crippen molar-refractivity contribution < 1.29 is 13.6 Å². The molecule has 0 unspecified atom stereocenters. The Morgan fingerprint density at radius 3 is 2.48 bits per heavy atom. The number of benzene rings is 2. The molecule has 0 aromatic heterocycles. The van der Waals surface area contributed by atoms with Gasteiger partial charge in [-0.15, -0.1) is 0 Å². The Balaban J connectivity index is 1.38. The predicted molar refractivity (Wildman–Crippen MR) is 103 cm³/mol. The van der Waals surface area contributed by atoms with Gasteiger partial charge in [0.15, 0.2) is 0 Å². The van der Waals surface area contributed by atoms with E-state index in [9.17, 15) is 13.6 Å². The lowest BCUT2D eigenvalue weighted by atomic mass is 9.96. The molecule has 4 nitrogen and oxygen atoms in total. The fourth-order valence-electron chi connectivity index (χ4n) is 3.29. The van der Waals surface area contributed by atoms with Gasteiger partial charge < -0.3 is 10.6 Å². The molecule has 27 heavy (non-hydrogen) atoms. The highest BCUT2D eigenvalue weighted by Crippen LogP contribution is 2.19. The number of carbonyl (C=O) groups excluding carboxylic acids is 1. The summed E-state index contributed by atoms with van der Waals surface area (Å²) in [5.74, 6) is -1.05. The molecule has 0 atom stereocenters. The zero-order valence-electron chi connectivity index (χ0n) is 15.5. The van der Waals surface area contributed by atoms with Gasteiger partial charge in [0.2, 0.25) is 0 Å². The minimum atomic E-state index is -0.783. The number of nitrogens with zero attached hydrogens (tertiary/aromatic N) is 1. The standard InChI is InChI=1S/C21H25F2N3O/c1-15-2-4-17(5-3-15)14-26-10-8-16(9-11-26)13-24-21(27)25-20-7-6-18(22)12-19(20)23/h2-7,12,16H,8-11,13-14H2,1H3,(H2,24,25,27). The van der Waals surface area contributed by atoms with Gasteiger partial charge in [-0.05, 0) is 56.5 Å². The third kappa shape index (κ3) is 5.76. The summed E-state index contributed by atoms with van der Waals surface area (Å²) in [5, 5.41) is 5.21. The van der Waals surface area contributed by atoms with E-state index in [1.807, 2.05) is 0 Å². The number of halogens is 2. The lowest BCUT2D eigenvalue weighted by Crippen LogP contribution is -2.39. The normalized spacial score (nSPS) is 15.5. The Bertz CT molecular complexity index is 771. The van der Waals surface area contributed by atoms with E-state index in [0.29, 0.717) is 12.5 Å². The summed E-state index contributed by atoms with van der Waals surface area (Å²) in [4.78, 5) is 14.4. The Kier molecular flexibility index (Phi) is 6.40. The van der Waals surface area contributed by atoms with Crippen LogP contribution in [0, 0.1) is 24.5 Å². The third-order valence-electron chi connectivity index (χ3n) is 4.96. The number of piperidine rings is 1. The van der Waals surface area contributed by atoms with Crippen molar-refractivity contribution in [3.05, 3.63) is 65.2 Å². The summed E-state index contributed by atoms with van der Waals surface area (Å²) in [6, 6.07) is 11.2. The largest absolute Gasteiger partial charge is 0.338 e. The molecule has 2 N–H and O–H groups in total. The number of nitrogens with one attached hydrogen (secondary N) is 2. The Morgan fingerprint density at radius 2 is 1.81 bits per heavy atom. The van der Waals surface area contributed by atoms with Gasteiger partial charge in [0.25, 0.3) is 0 Å². The van der Waals surface area contributed by atoms with E-state index >= 15 is 0 Å². The topological polar surface area (TPSA) is 44.4 Å². The van der Waals surface area contributed by atoms with Gasteiger partial charge in [-0.25, -0.2) is 13.6 Å². The monoisotopic (exact) mass is 373 g/mol. The first-order valence-corrected chi connectivity index (χ1v) is 9.27. The van der Waals surface area contributed by atoms with Crippen molar-refractivity contribution in [2.24, 2.45) is 5.92 Å². The Hall–Kier alpha value is -2.47. The summed E-state index contributed by atoms with van der Waals surface area (Å²) in [6.45, 7) is 5.57. The van der Waals surface area contributed by atoms with Crippen LogP contribution in [0.25, 0.3) is 0 Å². The highest BCUT2D eigenvalue weighted by molar-refractivity contribution is 5.89. The SMILES string of the molecule is Cc1ccc(CN2CCC(CNC(=O)Nc3ccc(F)cc3F)CC2)cc1. The molecule has 2 aromatic rings. The number of amides is 2. The van der Waals surface area contributed by atoms with Crippen LogP contribution in [0.15, 0.2) is 42.5 Å². The Morgan fingerprint density at radius 1 is 1.11 bits per heavy atom. The molecule has 2 amide bonds. The van der Waals surface area contributed by atoms with Crippen LogP contribution in [0.5, 0.6) is 0 Å². The first-order valence-electron chi connectivity index (χ1n) is 9.27. The van der Waals surface area contributed by atoms with Crippen LogP contribution in [-0.2, 0) is 6.54 Å². The van der Waals surface area contributed by atoms with Crippen molar-refractivity contribution in [3.8, 4) is 0 Å². The van der Waals surface area contributed by atoms with Crippen molar-refractivity contribution in [3.63, 3.8) is 0 Å². The molecule has 144 valence electrons. The van der Waals surface area contributed by atoms with Crippen molar-refractivity contribution in [2.75, 3.05) is 25.0 Å². The van der Waals surface area contributed by atoms with Crippen LogP contribution in [0.3, 0.4) is 0 Å². The Labute approximate surface area is 158 Å². The number of hydrogen-bond donors (Lipinski definition) is 2. The van der Waals surface area contributed by atoms with Crippen LogP contribution in [0.1, 0.15) is 24.0 Å². The number of urea groups is 1. The number of hydrogen-bond acceptors (Lipinski definition) is 2. The van der Waals surface area contributed by atoms with Crippen LogP contribution >= 0.6 is 0 Å². The van der Waals surface area contributed by atoms with Crippen LogP contribution in [-0.4, -0.2) is 30.6 Å². The lowest BCUT2D eigenvalue weighted by molar-refractivity contribution is 0.175. The minimum Gasteiger partial charge on any atom is -0.338 e. The average Bonchev–Trinajstić information content (AvgIpc) is 2.65. The molecule has 6 heteroatoms. The molecule has 1 fully saturated rings. The van der Waals surface area contributed by atoms with E-state index < -0.39 is 17.7 Å². The van der Waals surface area contributed by atoms with Gasteiger partial charge in [-0.3, -0.25) is 4.90 Å². The number of carbonyl (C=O) groups is 1. The van der Waals surface area contributed by atoms with Crippen molar-refractivity contribution in [2.45, 2.75) is 26.3 Å². The van der Waals surface area contributed by atoms with Crippen LogP contribution < -0.4 is 10.6 Å². The van der Waals surface area contributed by atoms with Crippen molar-refractivity contribution >= 4 is 11.7 Å². The average molecular weight is 373 g/mol. The van der Waals surface area contributed by atoms with E-state index in [4.69, 9.17) is 0 Å². The van der Waals surface area contributed by atoms with Gasteiger partial charge in [-0.1, -0.05) is 29.8 Å². The molecule has 0 bridgehead atoms. The summed E-state index contributed by atoms with van der Waals surface area (Å²) in [7, 11) is 0. The van der Waals surface area contributed by atoms with Crippen molar-refractivity contribution in [1.82, 2.24) is 10.2 Å². The third-order valence-corrected chi connectivity index (χ3v) is 4.96. The molecular formula is C21H25F2N3O. The molecule has 1 heterocycles. The summed E-state index contributed by atoms with van der Waals surface area (Å²) in [5.41, 5.74) is 2.56. The van der Waals surface area contributed by atoms with E-state index in [0.717, 1.165) is 44.6 Å². The van der Waals surface area contributed by atoms with Crippen LogP contribution in [0.4, 0.5) is 19.3 Å². The van der Waals surface area contributed by atoms with Gasteiger partial charge in [0.05, 0.1) is 5.69 Å². The second kappa shape index (κ2) is 8.95. The lowest BCUT2D eigenvalue weighted by Gasteiger charge is -2.32. The van der Waals surface area contributed by atoms with Gasteiger partial charge in [-0.2, -0.15) is 0 Å². The second-order valence-corrected chi connectivity index (χ2v) is 7.16. The van der Waals surface area contributed by atoms with E-state index in [1.54, 1.807) is 0 Å². The molecule has 1 aliphatic heterocycles. The smallest absolute Gasteiger partial charge is 0.319 e. The fourth-order valence-corrected chi connectivity index (χ4v) is 3.29. The van der Waals surface area contributed by atoms with Crippen molar-refractivity contribution in [1.29, 1.82) is 0 Å². The first-order chi connectivity index (χ1) is 13.0. The summed E-state index contributed by atoms with van der Waals surface area (Å²) < 4.78 is 26.5. The minimum absolute atomic E-state index is 0.0261. The predicted octanol–water partition coefficient (Wildman–Crippen LogP) is 4.31. The highest BCUT2D eigenvalue weighted by Gasteiger charge is 2.20. The molecule has 1 saturated heterocycles. The summed E-state index contributed by atoms with van der Waals surface area (Å²) in [6.07, 6.45) is 2.02. The molecule has 3 rings (SSSR count). The molecule has 0 radical (unpaired) electrons. The highest BCUT2D eigenvalue weighted by atomic mass is 19.1. The number of rotatable bonds is 5. The molecule has 0 saturated carbocycles. The van der Waals surface area contributed by atoms with E-state index in [-0.39, 0.29) is 5.69 Å². The maximum absolute atomic E-state index is 13.6. The number of anilines is 1. The van der Waals surface area contributed by atoms with Gasteiger partial charge in [0.1, 0.15) is 11.6 Å². The molecule has 2 aromatic carbocycles.